The molecule has 0 amide bonds. The van der Waals surface area contributed by atoms with E-state index in [1.165, 1.54) is 23.7 Å². The van der Waals surface area contributed by atoms with E-state index >= 15 is 0 Å². The van der Waals surface area contributed by atoms with Crippen molar-refractivity contribution in [3.63, 3.8) is 0 Å². The van der Waals surface area contributed by atoms with Gasteiger partial charge in [-0.2, -0.15) is 4.37 Å². The molecule has 0 saturated carbocycles. The van der Waals surface area contributed by atoms with Crippen LogP contribution in [0.5, 0.6) is 5.75 Å². The maximum absolute atomic E-state index is 10.7. The molecule has 1 aromatic heterocycles. The van der Waals surface area contributed by atoms with E-state index in [1.54, 1.807) is 23.9 Å². The largest absolute Gasteiger partial charge is 0.493 e. The number of hydrogen-bond donors (Lipinski definition) is 1. The van der Waals surface area contributed by atoms with Crippen LogP contribution in [0.4, 0.5) is 0 Å². The second-order valence-electron chi connectivity index (χ2n) is 3.86. The van der Waals surface area contributed by atoms with Crippen molar-refractivity contribution in [1.29, 1.82) is 0 Å². The maximum atomic E-state index is 10.7. The Balaban J connectivity index is 1.74. The van der Waals surface area contributed by atoms with Gasteiger partial charge >= 0.3 is 5.97 Å². The molecule has 2 rings (SSSR count). The highest BCUT2D eigenvalue weighted by molar-refractivity contribution is 8.00. The molecule has 1 aromatic carbocycles. The molecule has 1 heterocycles. The van der Waals surface area contributed by atoms with E-state index in [0.29, 0.717) is 12.4 Å². The number of rotatable bonds is 7. The molecule has 2 aromatic rings. The highest BCUT2D eigenvalue weighted by atomic mass is 32.2. The predicted molar refractivity (Wildman–Crippen MR) is 78.9 cm³/mol. The third-order valence-corrected chi connectivity index (χ3v) is 4.28. The monoisotopic (exact) mass is 310 g/mol. The standard InChI is InChI=1S/C13H14N2O3S2/c1-2-11-14-13(20-15-11)19-8-7-18-10-5-3-9(4-6-10)12(16)17/h3-6H,2,7-8H2,1H3,(H,16,17). The smallest absolute Gasteiger partial charge is 0.335 e. The van der Waals surface area contributed by atoms with Gasteiger partial charge in [-0.05, 0) is 35.8 Å². The van der Waals surface area contributed by atoms with Crippen molar-refractivity contribution in [3.05, 3.63) is 35.7 Å². The summed E-state index contributed by atoms with van der Waals surface area (Å²) in [6, 6.07) is 6.38. The number of carboxylic acids is 1. The lowest BCUT2D eigenvalue weighted by Crippen LogP contribution is -2.01. The van der Waals surface area contributed by atoms with Crippen LogP contribution in [0, 0.1) is 0 Å². The Labute approximate surface area is 125 Å². The number of thioether (sulfide) groups is 1. The summed E-state index contributed by atoms with van der Waals surface area (Å²) in [5.74, 6) is 1.39. The number of nitrogens with zero attached hydrogens (tertiary/aromatic N) is 2. The number of aryl methyl sites for hydroxylation is 1. The van der Waals surface area contributed by atoms with Crippen molar-refractivity contribution in [3.8, 4) is 5.75 Å². The molecule has 106 valence electrons. The van der Waals surface area contributed by atoms with Crippen molar-refractivity contribution in [2.45, 2.75) is 17.7 Å². The molecule has 0 spiro atoms. The zero-order valence-corrected chi connectivity index (χ0v) is 12.5. The van der Waals surface area contributed by atoms with E-state index in [0.717, 1.165) is 22.3 Å². The Hall–Kier alpha value is -1.60. The van der Waals surface area contributed by atoms with Gasteiger partial charge in [-0.25, -0.2) is 9.78 Å². The molecule has 1 N–H and O–H groups in total. The first-order valence-electron chi connectivity index (χ1n) is 6.10. The minimum absolute atomic E-state index is 0.257. The molecule has 0 saturated heterocycles. The van der Waals surface area contributed by atoms with E-state index in [4.69, 9.17) is 9.84 Å². The van der Waals surface area contributed by atoms with Crippen molar-refractivity contribution in [2.75, 3.05) is 12.4 Å². The Morgan fingerprint density at radius 1 is 1.40 bits per heavy atom. The molecule has 7 heteroatoms. The molecule has 0 atom stereocenters. The fraction of sp³-hybridized carbons (Fsp3) is 0.308. The summed E-state index contributed by atoms with van der Waals surface area (Å²) in [5, 5.41) is 8.78. The first-order valence-corrected chi connectivity index (χ1v) is 7.86. The fourth-order valence-corrected chi connectivity index (χ4v) is 3.01. The van der Waals surface area contributed by atoms with Crippen LogP contribution in [0.3, 0.4) is 0 Å². The summed E-state index contributed by atoms with van der Waals surface area (Å²) < 4.78 is 10.7. The van der Waals surface area contributed by atoms with Crippen LogP contribution < -0.4 is 4.74 Å². The molecule has 0 fully saturated rings. The maximum Gasteiger partial charge on any atom is 0.335 e. The third-order valence-electron chi connectivity index (χ3n) is 2.44. The van der Waals surface area contributed by atoms with Crippen LogP contribution in [0.1, 0.15) is 23.1 Å². The van der Waals surface area contributed by atoms with Gasteiger partial charge in [-0.3, -0.25) is 0 Å². The van der Waals surface area contributed by atoms with Gasteiger partial charge in [0.15, 0.2) is 4.34 Å². The van der Waals surface area contributed by atoms with Gasteiger partial charge < -0.3 is 9.84 Å². The second kappa shape index (κ2) is 7.25. The minimum atomic E-state index is -0.935. The van der Waals surface area contributed by atoms with Crippen molar-refractivity contribution in [1.82, 2.24) is 9.36 Å². The predicted octanol–water partition coefficient (Wildman–Crippen LogP) is 2.97. The SMILES string of the molecule is CCc1nsc(SCCOc2ccc(C(=O)O)cc2)n1. The zero-order valence-electron chi connectivity index (χ0n) is 10.9. The molecular weight excluding hydrogens is 296 g/mol. The lowest BCUT2D eigenvalue weighted by molar-refractivity contribution is 0.0697. The van der Waals surface area contributed by atoms with Crippen LogP contribution >= 0.6 is 23.3 Å². The highest BCUT2D eigenvalue weighted by Crippen LogP contribution is 2.20. The number of hydrogen-bond acceptors (Lipinski definition) is 6. The molecule has 0 unspecified atom stereocenters. The van der Waals surface area contributed by atoms with Crippen LogP contribution in [-0.4, -0.2) is 32.8 Å². The number of carbonyl (C=O) groups is 1. The van der Waals surface area contributed by atoms with E-state index in [9.17, 15) is 4.79 Å². The summed E-state index contributed by atoms with van der Waals surface area (Å²) in [7, 11) is 0. The quantitative estimate of drug-likeness (QED) is 0.626. The zero-order chi connectivity index (χ0) is 14.4. The molecule has 0 aliphatic carbocycles. The molecule has 0 radical (unpaired) electrons. The Kier molecular flexibility index (Phi) is 5.37. The normalized spacial score (nSPS) is 10.4. The minimum Gasteiger partial charge on any atom is -0.493 e. The molecule has 0 bridgehead atoms. The first-order chi connectivity index (χ1) is 9.69. The summed E-state index contributed by atoms with van der Waals surface area (Å²) >= 11 is 3.02. The topological polar surface area (TPSA) is 72.3 Å². The van der Waals surface area contributed by atoms with Gasteiger partial charge in [0.1, 0.15) is 11.6 Å². The van der Waals surface area contributed by atoms with E-state index in [1.807, 2.05) is 6.92 Å². The number of ether oxygens (including phenoxy) is 1. The fourth-order valence-electron chi connectivity index (χ4n) is 1.42. The Bertz CT molecular complexity index is 569. The van der Waals surface area contributed by atoms with E-state index < -0.39 is 5.97 Å². The number of aromatic nitrogens is 2. The average Bonchev–Trinajstić information content (AvgIpc) is 2.92. The number of benzene rings is 1. The molecule has 20 heavy (non-hydrogen) atoms. The first kappa shape index (κ1) is 14.8. The van der Waals surface area contributed by atoms with Crippen LogP contribution in [-0.2, 0) is 6.42 Å². The molecular formula is C13H14N2O3S2. The van der Waals surface area contributed by atoms with Gasteiger partial charge in [-0.15, -0.1) is 0 Å². The Morgan fingerprint density at radius 2 is 2.15 bits per heavy atom. The third kappa shape index (κ3) is 4.21. The van der Waals surface area contributed by atoms with E-state index in [2.05, 4.69) is 9.36 Å². The summed E-state index contributed by atoms with van der Waals surface area (Å²) in [5.41, 5.74) is 0.257. The van der Waals surface area contributed by atoms with E-state index in [-0.39, 0.29) is 5.56 Å². The Morgan fingerprint density at radius 3 is 2.75 bits per heavy atom. The molecule has 0 aliphatic heterocycles. The highest BCUT2D eigenvalue weighted by Gasteiger charge is 2.04. The van der Waals surface area contributed by atoms with Gasteiger partial charge in [0.05, 0.1) is 12.2 Å². The summed E-state index contributed by atoms with van der Waals surface area (Å²) in [6.07, 6.45) is 0.851. The number of aromatic carboxylic acids is 1. The second-order valence-corrected chi connectivity index (χ2v) is 5.95. The van der Waals surface area contributed by atoms with Gasteiger partial charge in [0.2, 0.25) is 0 Å². The van der Waals surface area contributed by atoms with Crippen LogP contribution in [0.25, 0.3) is 0 Å². The summed E-state index contributed by atoms with van der Waals surface area (Å²) in [6.45, 7) is 2.57. The number of carboxylic acid groups (broad SMARTS) is 1. The van der Waals surface area contributed by atoms with Crippen molar-refractivity contribution >= 4 is 29.3 Å². The average molecular weight is 310 g/mol. The van der Waals surface area contributed by atoms with Gasteiger partial charge in [-0.1, -0.05) is 18.7 Å². The van der Waals surface area contributed by atoms with Gasteiger partial charge in [0, 0.05) is 12.2 Å². The summed E-state index contributed by atoms with van der Waals surface area (Å²) in [4.78, 5) is 15.1. The molecule has 5 nitrogen and oxygen atoms in total. The molecule has 0 aliphatic rings. The lowest BCUT2D eigenvalue weighted by atomic mass is 10.2. The van der Waals surface area contributed by atoms with Gasteiger partial charge in [0.25, 0.3) is 0 Å². The van der Waals surface area contributed by atoms with Crippen molar-refractivity contribution in [2.24, 2.45) is 0 Å². The van der Waals surface area contributed by atoms with Crippen LogP contribution in [0.2, 0.25) is 0 Å². The van der Waals surface area contributed by atoms with Crippen molar-refractivity contribution < 1.29 is 14.6 Å². The van der Waals surface area contributed by atoms with Crippen LogP contribution in [0.15, 0.2) is 28.6 Å². The lowest BCUT2D eigenvalue weighted by Gasteiger charge is -2.05.